The van der Waals surface area contributed by atoms with E-state index in [0.717, 1.165) is 49.3 Å². The summed E-state index contributed by atoms with van der Waals surface area (Å²) >= 11 is 0. The van der Waals surface area contributed by atoms with E-state index in [1.165, 1.54) is 24.8 Å². The van der Waals surface area contributed by atoms with Crippen LogP contribution in [0.3, 0.4) is 0 Å². The lowest BCUT2D eigenvalue weighted by Gasteiger charge is -2.60. The van der Waals surface area contributed by atoms with E-state index in [4.69, 9.17) is 9.47 Å². The molecule has 1 aromatic carbocycles. The third kappa shape index (κ3) is 3.62. The van der Waals surface area contributed by atoms with Crippen molar-refractivity contribution >= 4 is 0 Å². The number of hydrogen-bond donors (Lipinski definition) is 2. The Bertz CT molecular complexity index is 700. The lowest BCUT2D eigenvalue weighted by Crippen LogP contribution is -2.64. The van der Waals surface area contributed by atoms with Crippen molar-refractivity contribution in [1.29, 1.82) is 0 Å². The Morgan fingerprint density at radius 3 is 2.59 bits per heavy atom. The molecule has 4 saturated carbocycles. The topological polar surface area (TPSA) is 50.7 Å². The molecule has 2 atom stereocenters. The standard InChI is InChI=1S/C23H33NO3/c1-4-6-19-8-16(9-20(26-3)21(19)27-5-2)14-24-22-10-17-7-18(11-22)13-23(25,12-17)15-22/h4,8-9,17-18,24-25H,1,5-7,10-15H2,2-3H3. The summed E-state index contributed by atoms with van der Waals surface area (Å²) in [7, 11) is 1.70. The molecule has 4 aliphatic rings. The van der Waals surface area contributed by atoms with Crippen LogP contribution < -0.4 is 14.8 Å². The zero-order chi connectivity index (χ0) is 19.1. The Labute approximate surface area is 162 Å². The van der Waals surface area contributed by atoms with Crippen LogP contribution in [0.15, 0.2) is 24.8 Å². The molecular weight excluding hydrogens is 338 g/mol. The minimum atomic E-state index is -0.429. The summed E-state index contributed by atoms with van der Waals surface area (Å²) in [5.74, 6) is 3.00. The summed E-state index contributed by atoms with van der Waals surface area (Å²) in [6.07, 6.45) is 9.31. The number of benzene rings is 1. The Hall–Kier alpha value is -1.52. The van der Waals surface area contributed by atoms with Crippen LogP contribution in [0.4, 0.5) is 0 Å². The fourth-order valence-electron chi connectivity index (χ4n) is 6.30. The van der Waals surface area contributed by atoms with Gasteiger partial charge in [-0.3, -0.25) is 0 Å². The van der Waals surface area contributed by atoms with Crippen molar-refractivity contribution in [2.24, 2.45) is 11.8 Å². The van der Waals surface area contributed by atoms with Gasteiger partial charge in [0.05, 0.1) is 19.3 Å². The van der Waals surface area contributed by atoms with Crippen LogP contribution >= 0.6 is 0 Å². The van der Waals surface area contributed by atoms with E-state index in [0.29, 0.717) is 18.4 Å². The summed E-state index contributed by atoms with van der Waals surface area (Å²) in [4.78, 5) is 0. The normalized spacial score (nSPS) is 33.9. The van der Waals surface area contributed by atoms with Gasteiger partial charge >= 0.3 is 0 Å². The molecule has 2 N–H and O–H groups in total. The first-order chi connectivity index (χ1) is 13.0. The smallest absolute Gasteiger partial charge is 0.164 e. The van der Waals surface area contributed by atoms with Gasteiger partial charge in [-0.25, -0.2) is 0 Å². The van der Waals surface area contributed by atoms with Gasteiger partial charge in [0.1, 0.15) is 0 Å². The van der Waals surface area contributed by atoms with Gasteiger partial charge in [0.25, 0.3) is 0 Å². The predicted molar refractivity (Wildman–Crippen MR) is 107 cm³/mol. The van der Waals surface area contributed by atoms with Gasteiger partial charge in [-0.05, 0) is 75.3 Å². The maximum Gasteiger partial charge on any atom is 0.164 e. The molecule has 148 valence electrons. The van der Waals surface area contributed by atoms with Crippen LogP contribution in [-0.2, 0) is 13.0 Å². The lowest BCUT2D eigenvalue weighted by molar-refractivity contribution is -0.142. The fraction of sp³-hybridized carbons (Fsp3) is 0.652. The van der Waals surface area contributed by atoms with E-state index in [9.17, 15) is 5.11 Å². The molecule has 4 aliphatic carbocycles. The maximum atomic E-state index is 11.0. The Balaban J connectivity index is 1.54. The second-order valence-electron chi connectivity index (χ2n) is 9.03. The van der Waals surface area contributed by atoms with Crippen molar-refractivity contribution in [3.8, 4) is 11.5 Å². The summed E-state index contributed by atoms with van der Waals surface area (Å²) < 4.78 is 11.4. The summed E-state index contributed by atoms with van der Waals surface area (Å²) in [6, 6.07) is 4.29. The molecule has 0 aromatic heterocycles. The number of hydrogen-bond acceptors (Lipinski definition) is 4. The van der Waals surface area contributed by atoms with Crippen molar-refractivity contribution in [1.82, 2.24) is 5.32 Å². The molecule has 0 spiro atoms. The average molecular weight is 372 g/mol. The number of rotatable bonds is 8. The van der Waals surface area contributed by atoms with Gasteiger partial charge in [0.15, 0.2) is 11.5 Å². The van der Waals surface area contributed by atoms with Gasteiger partial charge < -0.3 is 19.9 Å². The zero-order valence-electron chi connectivity index (χ0n) is 16.7. The minimum Gasteiger partial charge on any atom is -0.493 e. The van der Waals surface area contributed by atoms with Crippen molar-refractivity contribution < 1.29 is 14.6 Å². The van der Waals surface area contributed by atoms with Crippen LogP contribution in [0.5, 0.6) is 11.5 Å². The molecule has 4 nitrogen and oxygen atoms in total. The molecular formula is C23H33NO3. The van der Waals surface area contributed by atoms with Crippen molar-refractivity contribution in [3.63, 3.8) is 0 Å². The predicted octanol–water partition coefficient (Wildman–Crippen LogP) is 4.00. The molecule has 4 bridgehead atoms. The van der Waals surface area contributed by atoms with Crippen LogP contribution in [0.1, 0.15) is 56.6 Å². The number of aliphatic hydroxyl groups is 1. The van der Waals surface area contributed by atoms with Gasteiger partial charge in [-0.15, -0.1) is 6.58 Å². The number of methoxy groups -OCH3 is 1. The third-order valence-electron chi connectivity index (χ3n) is 6.76. The molecule has 0 saturated heterocycles. The molecule has 27 heavy (non-hydrogen) atoms. The minimum absolute atomic E-state index is 0.100. The Kier molecular flexibility index (Phi) is 4.98. The van der Waals surface area contributed by atoms with Gasteiger partial charge in [0.2, 0.25) is 0 Å². The quantitative estimate of drug-likeness (QED) is 0.678. The second kappa shape index (κ2) is 7.14. The van der Waals surface area contributed by atoms with Crippen LogP contribution in [0, 0.1) is 11.8 Å². The molecule has 0 heterocycles. The number of ether oxygens (including phenoxy) is 2. The molecule has 5 rings (SSSR count). The number of nitrogens with one attached hydrogen (secondary N) is 1. The van der Waals surface area contributed by atoms with Crippen LogP contribution in [0.25, 0.3) is 0 Å². The van der Waals surface area contributed by atoms with Crippen molar-refractivity contribution in [2.45, 2.75) is 69.6 Å². The van der Waals surface area contributed by atoms with E-state index >= 15 is 0 Å². The average Bonchev–Trinajstić information content (AvgIpc) is 2.60. The van der Waals surface area contributed by atoms with E-state index in [1.54, 1.807) is 7.11 Å². The Morgan fingerprint density at radius 2 is 2.00 bits per heavy atom. The largest absolute Gasteiger partial charge is 0.493 e. The monoisotopic (exact) mass is 371 g/mol. The molecule has 0 aliphatic heterocycles. The van der Waals surface area contributed by atoms with E-state index < -0.39 is 5.60 Å². The van der Waals surface area contributed by atoms with Gasteiger partial charge in [-0.2, -0.15) is 0 Å². The summed E-state index contributed by atoms with van der Waals surface area (Å²) in [5.41, 5.74) is 1.99. The first-order valence-corrected chi connectivity index (χ1v) is 10.4. The highest BCUT2D eigenvalue weighted by atomic mass is 16.5. The maximum absolute atomic E-state index is 11.0. The summed E-state index contributed by atoms with van der Waals surface area (Å²) in [5, 5.41) is 14.8. The summed E-state index contributed by atoms with van der Waals surface area (Å²) in [6.45, 7) is 7.28. The highest BCUT2D eigenvalue weighted by Gasteiger charge is 2.56. The Morgan fingerprint density at radius 1 is 1.26 bits per heavy atom. The zero-order valence-corrected chi connectivity index (χ0v) is 16.7. The fourth-order valence-corrected chi connectivity index (χ4v) is 6.30. The van der Waals surface area contributed by atoms with Gasteiger partial charge in [0, 0.05) is 17.6 Å². The molecule has 4 fully saturated rings. The molecule has 2 unspecified atom stereocenters. The lowest BCUT2D eigenvalue weighted by atomic mass is 9.51. The highest BCUT2D eigenvalue weighted by molar-refractivity contribution is 5.50. The van der Waals surface area contributed by atoms with E-state index in [2.05, 4.69) is 24.0 Å². The van der Waals surface area contributed by atoms with Crippen molar-refractivity contribution in [3.05, 3.63) is 35.9 Å². The number of allylic oxidation sites excluding steroid dienone is 1. The van der Waals surface area contributed by atoms with Gasteiger partial charge in [-0.1, -0.05) is 12.1 Å². The molecule has 1 aromatic rings. The first-order valence-electron chi connectivity index (χ1n) is 10.4. The second-order valence-corrected chi connectivity index (χ2v) is 9.03. The van der Waals surface area contributed by atoms with Crippen molar-refractivity contribution in [2.75, 3.05) is 13.7 Å². The van der Waals surface area contributed by atoms with E-state index in [1.807, 2.05) is 13.0 Å². The molecule has 0 radical (unpaired) electrons. The highest BCUT2D eigenvalue weighted by Crippen LogP contribution is 2.57. The van der Waals surface area contributed by atoms with Crippen LogP contribution in [0.2, 0.25) is 0 Å². The first kappa shape index (κ1) is 18.8. The van der Waals surface area contributed by atoms with E-state index in [-0.39, 0.29) is 5.54 Å². The van der Waals surface area contributed by atoms with Crippen LogP contribution in [-0.4, -0.2) is 30.0 Å². The molecule has 4 heteroatoms. The molecule has 0 amide bonds. The third-order valence-corrected chi connectivity index (χ3v) is 6.76. The SMILES string of the molecule is C=CCc1cc(CNC23CC4CC(CC(O)(C4)C2)C3)cc(OC)c1OCC.